The highest BCUT2D eigenvalue weighted by atomic mass is 16.4. The van der Waals surface area contributed by atoms with Crippen LogP contribution in [0.1, 0.15) is 85.5 Å². The minimum atomic E-state index is -0.637. The zero-order chi connectivity index (χ0) is 14.0. The molecular formula is C16H32O2. The third-order valence-electron chi connectivity index (χ3n) is 4.06. The van der Waals surface area contributed by atoms with E-state index in [0.29, 0.717) is 0 Å². The van der Waals surface area contributed by atoms with Gasteiger partial charge in [-0.1, -0.05) is 65.7 Å². The Labute approximate surface area is 113 Å². The maximum atomic E-state index is 11.1. The van der Waals surface area contributed by atoms with Crippen LogP contribution in [0.4, 0.5) is 0 Å². The van der Waals surface area contributed by atoms with E-state index in [9.17, 15) is 4.79 Å². The van der Waals surface area contributed by atoms with Crippen LogP contribution < -0.4 is 0 Å². The number of aliphatic carboxylic acids is 1. The number of rotatable bonds is 11. The molecule has 0 amide bonds. The largest absolute Gasteiger partial charge is 0.481 e. The maximum Gasteiger partial charge on any atom is 0.309 e. The van der Waals surface area contributed by atoms with Crippen molar-refractivity contribution in [2.45, 2.75) is 85.5 Å². The second-order valence-electron chi connectivity index (χ2n) is 6.27. The van der Waals surface area contributed by atoms with Crippen molar-refractivity contribution in [1.82, 2.24) is 0 Å². The Morgan fingerprint density at radius 3 is 2.00 bits per heavy atom. The summed E-state index contributed by atoms with van der Waals surface area (Å²) in [4.78, 5) is 11.1. The molecule has 0 aliphatic heterocycles. The summed E-state index contributed by atoms with van der Waals surface area (Å²) in [7, 11) is 0. The van der Waals surface area contributed by atoms with Crippen LogP contribution >= 0.6 is 0 Å². The Bertz CT molecular complexity index is 223. The zero-order valence-electron chi connectivity index (χ0n) is 12.8. The summed E-state index contributed by atoms with van der Waals surface area (Å²) in [6, 6.07) is 0. The van der Waals surface area contributed by atoms with E-state index < -0.39 is 11.4 Å². The van der Waals surface area contributed by atoms with Crippen LogP contribution in [-0.4, -0.2) is 11.1 Å². The Balaban J connectivity index is 3.48. The SMILES string of the molecule is CCC(C)(CCCCCCCCC(C)C)C(=O)O. The summed E-state index contributed by atoms with van der Waals surface area (Å²) in [6.07, 6.45) is 10.4. The summed E-state index contributed by atoms with van der Waals surface area (Å²) in [6.45, 7) is 8.40. The second-order valence-corrected chi connectivity index (χ2v) is 6.27. The first-order valence-electron chi connectivity index (χ1n) is 7.65. The van der Waals surface area contributed by atoms with Crippen molar-refractivity contribution < 1.29 is 9.90 Å². The molecule has 2 heteroatoms. The van der Waals surface area contributed by atoms with Crippen LogP contribution in [0.2, 0.25) is 0 Å². The van der Waals surface area contributed by atoms with Crippen LogP contribution in [0.15, 0.2) is 0 Å². The van der Waals surface area contributed by atoms with E-state index in [1.54, 1.807) is 0 Å². The van der Waals surface area contributed by atoms with Gasteiger partial charge in [-0.15, -0.1) is 0 Å². The fourth-order valence-electron chi connectivity index (χ4n) is 2.21. The minimum absolute atomic E-state index is 0.502. The monoisotopic (exact) mass is 256 g/mol. The molecule has 1 atom stereocenters. The predicted molar refractivity (Wildman–Crippen MR) is 77.8 cm³/mol. The summed E-state index contributed by atoms with van der Waals surface area (Å²) >= 11 is 0. The first-order chi connectivity index (χ1) is 8.42. The van der Waals surface area contributed by atoms with Gasteiger partial charge in [-0.2, -0.15) is 0 Å². The molecule has 0 aromatic heterocycles. The molecule has 0 aliphatic rings. The number of carboxylic acid groups (broad SMARTS) is 1. The Morgan fingerprint density at radius 1 is 1.06 bits per heavy atom. The number of hydrogen-bond donors (Lipinski definition) is 1. The Kier molecular flexibility index (Phi) is 9.13. The van der Waals surface area contributed by atoms with Gasteiger partial charge in [0.2, 0.25) is 0 Å². The highest BCUT2D eigenvalue weighted by Crippen LogP contribution is 2.28. The van der Waals surface area contributed by atoms with Crippen molar-refractivity contribution in [3.8, 4) is 0 Å². The van der Waals surface area contributed by atoms with Gasteiger partial charge >= 0.3 is 5.97 Å². The number of unbranched alkanes of at least 4 members (excludes halogenated alkanes) is 5. The van der Waals surface area contributed by atoms with E-state index in [0.717, 1.165) is 25.2 Å². The first kappa shape index (κ1) is 17.5. The molecule has 0 aromatic rings. The fourth-order valence-corrected chi connectivity index (χ4v) is 2.21. The third kappa shape index (κ3) is 7.73. The minimum Gasteiger partial charge on any atom is -0.481 e. The smallest absolute Gasteiger partial charge is 0.309 e. The van der Waals surface area contributed by atoms with Crippen molar-refractivity contribution in [2.24, 2.45) is 11.3 Å². The Hall–Kier alpha value is -0.530. The molecule has 0 fully saturated rings. The van der Waals surface area contributed by atoms with Crippen LogP contribution in [-0.2, 0) is 4.79 Å². The van der Waals surface area contributed by atoms with Crippen LogP contribution in [0.5, 0.6) is 0 Å². The first-order valence-corrected chi connectivity index (χ1v) is 7.65. The highest BCUT2D eigenvalue weighted by molar-refractivity contribution is 5.73. The molecule has 0 spiro atoms. The van der Waals surface area contributed by atoms with Gasteiger partial charge < -0.3 is 5.11 Å². The lowest BCUT2D eigenvalue weighted by atomic mass is 9.82. The topological polar surface area (TPSA) is 37.3 Å². The van der Waals surface area contributed by atoms with Gasteiger partial charge in [-0.3, -0.25) is 4.79 Å². The maximum absolute atomic E-state index is 11.1. The van der Waals surface area contributed by atoms with E-state index >= 15 is 0 Å². The van der Waals surface area contributed by atoms with Crippen molar-refractivity contribution in [3.63, 3.8) is 0 Å². The molecule has 0 heterocycles. The summed E-state index contributed by atoms with van der Waals surface area (Å²) in [5.74, 6) is 0.188. The van der Waals surface area contributed by atoms with Gasteiger partial charge in [0.25, 0.3) is 0 Å². The van der Waals surface area contributed by atoms with E-state index in [4.69, 9.17) is 5.11 Å². The molecule has 1 unspecified atom stereocenters. The van der Waals surface area contributed by atoms with Gasteiger partial charge in [0.15, 0.2) is 0 Å². The van der Waals surface area contributed by atoms with Crippen molar-refractivity contribution in [1.29, 1.82) is 0 Å². The van der Waals surface area contributed by atoms with E-state index in [1.807, 2.05) is 13.8 Å². The predicted octanol–water partition coefficient (Wildman–Crippen LogP) is 5.26. The van der Waals surface area contributed by atoms with Crippen molar-refractivity contribution in [3.05, 3.63) is 0 Å². The molecule has 0 saturated heterocycles. The average molecular weight is 256 g/mol. The standard InChI is InChI=1S/C16H32O2/c1-5-16(4,15(17)18)13-11-9-7-6-8-10-12-14(2)3/h14H,5-13H2,1-4H3,(H,17,18). The summed E-state index contributed by atoms with van der Waals surface area (Å²) in [5, 5.41) is 9.16. The number of carboxylic acids is 1. The normalized spacial score (nSPS) is 14.7. The van der Waals surface area contributed by atoms with Gasteiger partial charge in [0.1, 0.15) is 0 Å². The molecule has 1 N–H and O–H groups in total. The third-order valence-corrected chi connectivity index (χ3v) is 4.06. The molecular weight excluding hydrogens is 224 g/mol. The molecule has 0 rings (SSSR count). The molecule has 0 bridgehead atoms. The van der Waals surface area contributed by atoms with Gasteiger partial charge in [-0.25, -0.2) is 0 Å². The summed E-state index contributed by atoms with van der Waals surface area (Å²) in [5.41, 5.74) is -0.502. The second kappa shape index (κ2) is 9.41. The van der Waals surface area contributed by atoms with Crippen molar-refractivity contribution >= 4 is 5.97 Å². The lowest BCUT2D eigenvalue weighted by Gasteiger charge is -2.22. The Morgan fingerprint density at radius 2 is 1.56 bits per heavy atom. The van der Waals surface area contributed by atoms with Gasteiger partial charge in [0, 0.05) is 0 Å². The lowest BCUT2D eigenvalue weighted by molar-refractivity contribution is -0.148. The van der Waals surface area contributed by atoms with Gasteiger partial charge in [-0.05, 0) is 25.7 Å². The quantitative estimate of drug-likeness (QED) is 0.512. The van der Waals surface area contributed by atoms with Crippen LogP contribution in [0, 0.1) is 11.3 Å². The average Bonchev–Trinajstić information content (AvgIpc) is 2.31. The molecule has 0 aliphatic carbocycles. The lowest BCUT2D eigenvalue weighted by Crippen LogP contribution is -2.26. The van der Waals surface area contributed by atoms with Crippen LogP contribution in [0.25, 0.3) is 0 Å². The fraction of sp³-hybridized carbons (Fsp3) is 0.938. The van der Waals surface area contributed by atoms with Crippen molar-refractivity contribution in [2.75, 3.05) is 0 Å². The zero-order valence-corrected chi connectivity index (χ0v) is 12.8. The van der Waals surface area contributed by atoms with Crippen LogP contribution in [0.3, 0.4) is 0 Å². The van der Waals surface area contributed by atoms with Gasteiger partial charge in [0.05, 0.1) is 5.41 Å². The van der Waals surface area contributed by atoms with E-state index in [2.05, 4.69) is 13.8 Å². The van der Waals surface area contributed by atoms with E-state index in [1.165, 1.54) is 38.5 Å². The molecule has 108 valence electrons. The number of hydrogen-bond acceptors (Lipinski definition) is 1. The van der Waals surface area contributed by atoms with E-state index in [-0.39, 0.29) is 0 Å². The molecule has 18 heavy (non-hydrogen) atoms. The highest BCUT2D eigenvalue weighted by Gasteiger charge is 2.29. The number of carbonyl (C=O) groups is 1. The molecule has 0 aromatic carbocycles. The molecule has 0 radical (unpaired) electrons. The summed E-state index contributed by atoms with van der Waals surface area (Å²) < 4.78 is 0. The molecule has 0 saturated carbocycles. The molecule has 2 nitrogen and oxygen atoms in total.